The number of aromatic hydroxyl groups is 1. The Kier molecular flexibility index (Phi) is 6.46. The molecule has 0 saturated carbocycles. The molecule has 1 N–H and O–H groups in total. The van der Waals surface area contributed by atoms with Gasteiger partial charge < -0.3 is 5.11 Å². The third-order valence-corrected chi connectivity index (χ3v) is 5.93. The average molecular weight is 471 g/mol. The van der Waals surface area contributed by atoms with Crippen LogP contribution in [0.15, 0.2) is 67.0 Å². The lowest BCUT2D eigenvalue weighted by molar-refractivity contribution is -0.384. The van der Waals surface area contributed by atoms with E-state index >= 15 is 0 Å². The Balaban J connectivity index is 1.95. The third kappa shape index (κ3) is 4.68. The zero-order valence-corrected chi connectivity index (χ0v) is 20.0. The number of carbonyl (C=O) groups is 1. The number of pyridine rings is 1. The maximum Gasteiger partial charge on any atom is 0.278 e. The van der Waals surface area contributed by atoms with Crippen LogP contribution in [0.5, 0.6) is 5.75 Å². The van der Waals surface area contributed by atoms with Crippen molar-refractivity contribution in [3.05, 3.63) is 93.8 Å². The Morgan fingerprint density at radius 2 is 1.63 bits per heavy atom. The number of non-ortho nitro benzene ring substituents is 1. The van der Waals surface area contributed by atoms with Gasteiger partial charge in [0.25, 0.3) is 11.6 Å². The van der Waals surface area contributed by atoms with Crippen molar-refractivity contribution in [3.63, 3.8) is 0 Å². The number of phenolic OH excluding ortho intramolecular Hbond substituents is 1. The molecule has 0 radical (unpaired) electrons. The molecule has 0 aliphatic carbocycles. The summed E-state index contributed by atoms with van der Waals surface area (Å²) in [5.74, 6) is -0.0125. The van der Waals surface area contributed by atoms with Crippen LogP contribution in [0.4, 0.5) is 5.69 Å². The number of nitro groups is 1. The highest BCUT2D eigenvalue weighted by atomic mass is 16.6. The molecule has 178 valence electrons. The third-order valence-electron chi connectivity index (χ3n) is 5.93. The molecule has 0 saturated heterocycles. The van der Waals surface area contributed by atoms with Gasteiger partial charge >= 0.3 is 0 Å². The Bertz CT molecular complexity index is 1390. The van der Waals surface area contributed by atoms with E-state index in [-0.39, 0.29) is 29.2 Å². The molecule has 0 aliphatic heterocycles. The van der Waals surface area contributed by atoms with Crippen molar-refractivity contribution >= 4 is 11.6 Å². The molecule has 0 amide bonds. The quantitative estimate of drug-likeness (QED) is 0.267. The lowest BCUT2D eigenvalue weighted by Gasteiger charge is -2.17. The van der Waals surface area contributed by atoms with Crippen LogP contribution in [0.1, 0.15) is 61.0 Å². The minimum absolute atomic E-state index is 0.0369. The zero-order chi connectivity index (χ0) is 25.3. The Labute approximate surface area is 203 Å². The van der Waals surface area contributed by atoms with Crippen LogP contribution in [-0.2, 0) is 0 Å². The molecule has 2 aromatic heterocycles. The predicted molar refractivity (Wildman–Crippen MR) is 134 cm³/mol. The molecule has 2 aromatic carbocycles. The van der Waals surface area contributed by atoms with E-state index in [1.165, 1.54) is 29.2 Å². The van der Waals surface area contributed by atoms with Crippen LogP contribution in [0.3, 0.4) is 0 Å². The standard InChI is InChI=1S/C27H26N4O4/c1-16(2)20-13-22(17(3)4)26(32)23(14-20)25-15-24(18-5-7-21(8-6-18)31(34)35)29-30(25)27(33)19-9-11-28-12-10-19/h5-17,32H,1-4H3. The van der Waals surface area contributed by atoms with Crippen LogP contribution in [-0.4, -0.2) is 30.7 Å². The van der Waals surface area contributed by atoms with Gasteiger partial charge in [-0.25, -0.2) is 0 Å². The van der Waals surface area contributed by atoms with E-state index < -0.39 is 4.92 Å². The van der Waals surface area contributed by atoms with E-state index in [0.29, 0.717) is 28.1 Å². The summed E-state index contributed by atoms with van der Waals surface area (Å²) >= 11 is 0. The molecule has 4 rings (SSSR count). The van der Waals surface area contributed by atoms with Crippen molar-refractivity contribution in [2.45, 2.75) is 39.5 Å². The molecule has 0 aliphatic rings. The maximum atomic E-state index is 13.5. The summed E-state index contributed by atoms with van der Waals surface area (Å²) in [7, 11) is 0. The number of hydrogen-bond donors (Lipinski definition) is 1. The molecule has 35 heavy (non-hydrogen) atoms. The van der Waals surface area contributed by atoms with E-state index in [1.54, 1.807) is 30.3 Å². The summed E-state index contributed by atoms with van der Waals surface area (Å²) in [6.07, 6.45) is 3.06. The summed E-state index contributed by atoms with van der Waals surface area (Å²) in [6, 6.07) is 14.8. The maximum absolute atomic E-state index is 13.5. The minimum atomic E-state index is -0.469. The van der Waals surface area contributed by atoms with Gasteiger partial charge in [0.1, 0.15) is 5.75 Å². The number of rotatable bonds is 6. The molecular weight excluding hydrogens is 444 g/mol. The van der Waals surface area contributed by atoms with Gasteiger partial charge in [0, 0.05) is 41.2 Å². The summed E-state index contributed by atoms with van der Waals surface area (Å²) in [4.78, 5) is 28.0. The second kappa shape index (κ2) is 9.50. The van der Waals surface area contributed by atoms with Crippen molar-refractivity contribution in [1.82, 2.24) is 14.8 Å². The highest BCUT2D eigenvalue weighted by Crippen LogP contribution is 2.40. The predicted octanol–water partition coefficient (Wildman–Crippen LogP) is 6.16. The molecular formula is C27H26N4O4. The highest BCUT2D eigenvalue weighted by molar-refractivity contribution is 5.98. The van der Waals surface area contributed by atoms with Crippen molar-refractivity contribution in [3.8, 4) is 28.3 Å². The number of phenols is 1. The molecule has 0 atom stereocenters. The Hall–Kier alpha value is -4.33. The molecule has 0 bridgehead atoms. The van der Waals surface area contributed by atoms with Crippen LogP contribution in [0, 0.1) is 10.1 Å². The molecule has 0 fully saturated rings. The zero-order valence-electron chi connectivity index (χ0n) is 20.0. The summed E-state index contributed by atoms with van der Waals surface area (Å²) in [5, 5.41) is 26.9. The minimum Gasteiger partial charge on any atom is -0.507 e. The van der Waals surface area contributed by atoms with Gasteiger partial charge in [0.2, 0.25) is 0 Å². The van der Waals surface area contributed by atoms with E-state index in [1.807, 2.05) is 26.0 Å². The molecule has 8 nitrogen and oxygen atoms in total. The first-order valence-corrected chi connectivity index (χ1v) is 11.3. The number of hydrogen-bond acceptors (Lipinski definition) is 6. The number of carbonyl (C=O) groups excluding carboxylic acids is 1. The van der Waals surface area contributed by atoms with E-state index in [4.69, 9.17) is 0 Å². The summed E-state index contributed by atoms with van der Waals surface area (Å²) in [6.45, 7) is 8.15. The number of benzene rings is 2. The first-order chi connectivity index (χ1) is 16.7. The van der Waals surface area contributed by atoms with Crippen molar-refractivity contribution in [1.29, 1.82) is 0 Å². The summed E-state index contributed by atoms with van der Waals surface area (Å²) in [5.41, 5.74) is 4.17. The first-order valence-electron chi connectivity index (χ1n) is 11.3. The molecule has 0 unspecified atom stereocenters. The van der Waals surface area contributed by atoms with Crippen LogP contribution >= 0.6 is 0 Å². The first kappa shape index (κ1) is 23.8. The monoisotopic (exact) mass is 470 g/mol. The topological polar surface area (TPSA) is 111 Å². The fourth-order valence-electron chi connectivity index (χ4n) is 3.89. The smallest absolute Gasteiger partial charge is 0.278 e. The Morgan fingerprint density at radius 3 is 2.20 bits per heavy atom. The van der Waals surface area contributed by atoms with Crippen molar-refractivity contribution in [2.75, 3.05) is 0 Å². The molecule has 4 aromatic rings. The van der Waals surface area contributed by atoms with Crippen molar-refractivity contribution in [2.24, 2.45) is 0 Å². The second-order valence-corrected chi connectivity index (χ2v) is 8.99. The Morgan fingerprint density at radius 1 is 0.971 bits per heavy atom. The lowest BCUT2D eigenvalue weighted by atomic mass is 9.91. The van der Waals surface area contributed by atoms with E-state index in [9.17, 15) is 20.0 Å². The molecule has 8 heteroatoms. The van der Waals surface area contributed by atoms with Gasteiger partial charge in [-0.2, -0.15) is 9.78 Å². The van der Waals surface area contributed by atoms with E-state index in [0.717, 1.165) is 11.1 Å². The molecule has 0 spiro atoms. The SMILES string of the molecule is CC(C)c1cc(-c2cc(-c3ccc([N+](=O)[O-])cc3)nn2C(=O)c2ccncc2)c(O)c(C(C)C)c1. The van der Waals surface area contributed by atoms with Crippen LogP contribution in [0.25, 0.3) is 22.5 Å². The lowest BCUT2D eigenvalue weighted by Crippen LogP contribution is -2.15. The van der Waals surface area contributed by atoms with Crippen LogP contribution < -0.4 is 0 Å². The largest absolute Gasteiger partial charge is 0.507 e. The average Bonchev–Trinajstić information content (AvgIpc) is 3.29. The molecule has 2 heterocycles. The van der Waals surface area contributed by atoms with Gasteiger partial charge in [-0.1, -0.05) is 33.8 Å². The van der Waals surface area contributed by atoms with Crippen LogP contribution in [0.2, 0.25) is 0 Å². The van der Waals surface area contributed by atoms with Gasteiger partial charge in [0.05, 0.1) is 16.3 Å². The number of nitro benzene ring substituents is 1. The normalized spacial score (nSPS) is 11.3. The van der Waals surface area contributed by atoms with Gasteiger partial charge in [-0.05, 0) is 59.4 Å². The summed E-state index contributed by atoms with van der Waals surface area (Å²) < 4.78 is 1.27. The van der Waals surface area contributed by atoms with Gasteiger partial charge in [-0.15, -0.1) is 0 Å². The van der Waals surface area contributed by atoms with E-state index in [2.05, 4.69) is 23.9 Å². The van der Waals surface area contributed by atoms with Gasteiger partial charge in [-0.3, -0.25) is 19.9 Å². The second-order valence-electron chi connectivity index (χ2n) is 8.99. The number of nitrogens with zero attached hydrogens (tertiary/aromatic N) is 4. The van der Waals surface area contributed by atoms with Crippen molar-refractivity contribution < 1.29 is 14.8 Å². The fourth-order valence-corrected chi connectivity index (χ4v) is 3.89. The number of aromatic nitrogens is 3. The van der Waals surface area contributed by atoms with Gasteiger partial charge in [0.15, 0.2) is 0 Å². The fraction of sp³-hybridized carbons (Fsp3) is 0.222. The highest BCUT2D eigenvalue weighted by Gasteiger charge is 2.23.